The number of para-hydroxylation sites is 1. The number of benzene rings is 5. The molecule has 0 N–H and O–H groups in total. The highest BCUT2D eigenvalue weighted by Gasteiger charge is 2.61. The van der Waals surface area contributed by atoms with Gasteiger partial charge in [-0.25, -0.2) is 0 Å². The molecule has 7 aliphatic rings. The minimum Gasteiger partial charge on any atom is -0.457 e. The van der Waals surface area contributed by atoms with Crippen LogP contribution < -0.4 is 9.64 Å². The van der Waals surface area contributed by atoms with Crippen molar-refractivity contribution >= 4 is 17.1 Å². The van der Waals surface area contributed by atoms with Crippen LogP contribution in [0, 0.1) is 23.7 Å². The summed E-state index contributed by atoms with van der Waals surface area (Å²) in [5.74, 6) is 5.26. The third-order valence-corrected chi connectivity index (χ3v) is 15.6. The number of fused-ring (bicyclic) bond motifs is 6. The van der Waals surface area contributed by atoms with E-state index < -0.39 is 0 Å². The molecule has 2 heteroatoms. The smallest absolute Gasteiger partial charge is 0.131 e. The Kier molecular flexibility index (Phi) is 6.48. The van der Waals surface area contributed by atoms with Gasteiger partial charge in [-0.1, -0.05) is 96.1 Å². The lowest BCUT2D eigenvalue weighted by Gasteiger charge is -2.63. The molecule has 1 spiro atoms. The largest absolute Gasteiger partial charge is 0.457 e. The number of hydrogen-bond donors (Lipinski definition) is 0. The average molecular weight is 696 g/mol. The predicted molar refractivity (Wildman–Crippen MR) is 218 cm³/mol. The van der Waals surface area contributed by atoms with Gasteiger partial charge in [-0.2, -0.15) is 0 Å². The van der Waals surface area contributed by atoms with Crippen molar-refractivity contribution in [1.29, 1.82) is 0 Å². The van der Waals surface area contributed by atoms with Gasteiger partial charge >= 0.3 is 0 Å². The number of hydrogen-bond acceptors (Lipinski definition) is 2. The lowest BCUT2D eigenvalue weighted by Crippen LogP contribution is -2.57. The van der Waals surface area contributed by atoms with Crippen molar-refractivity contribution in [2.75, 3.05) is 4.90 Å². The fourth-order valence-corrected chi connectivity index (χ4v) is 13.0. The molecular weight excluding hydrogens is 643 g/mol. The van der Waals surface area contributed by atoms with Gasteiger partial charge in [-0.3, -0.25) is 0 Å². The van der Waals surface area contributed by atoms with Crippen LogP contribution in [-0.4, -0.2) is 0 Å². The van der Waals surface area contributed by atoms with E-state index in [4.69, 9.17) is 4.74 Å². The molecule has 0 saturated heterocycles. The van der Waals surface area contributed by atoms with Gasteiger partial charge in [0.2, 0.25) is 0 Å². The average Bonchev–Trinajstić information content (AvgIpc) is 3.37. The first-order valence-corrected chi connectivity index (χ1v) is 20.6. The van der Waals surface area contributed by atoms with Gasteiger partial charge in [0.05, 0.1) is 0 Å². The second-order valence-electron chi connectivity index (χ2n) is 19.7. The molecule has 1 heterocycles. The first kappa shape index (κ1) is 32.2. The highest BCUT2D eigenvalue weighted by atomic mass is 16.5. The molecule has 5 aromatic carbocycles. The first-order valence-electron chi connectivity index (χ1n) is 20.6. The highest BCUT2D eigenvalue weighted by molar-refractivity contribution is 5.86. The lowest BCUT2D eigenvalue weighted by molar-refractivity contribution is -0.0452. The molecule has 2 nitrogen and oxygen atoms in total. The summed E-state index contributed by atoms with van der Waals surface area (Å²) >= 11 is 0. The predicted octanol–water partition coefficient (Wildman–Crippen LogP) is 13.7. The number of anilines is 3. The highest BCUT2D eigenvalue weighted by Crippen LogP contribution is 2.69. The maximum Gasteiger partial charge on any atom is 0.131 e. The lowest BCUT2D eigenvalue weighted by atomic mass is 9.42. The summed E-state index contributed by atoms with van der Waals surface area (Å²) in [6.07, 6.45) is 9.27. The van der Waals surface area contributed by atoms with Gasteiger partial charge in [0.15, 0.2) is 0 Å². The molecule has 1 aliphatic heterocycles. The zero-order valence-corrected chi connectivity index (χ0v) is 32.4. The summed E-state index contributed by atoms with van der Waals surface area (Å²) < 4.78 is 6.88. The molecule has 0 aromatic heterocycles. The van der Waals surface area contributed by atoms with Crippen LogP contribution in [-0.2, 0) is 21.7 Å². The van der Waals surface area contributed by atoms with Crippen LogP contribution in [0.4, 0.5) is 17.1 Å². The van der Waals surface area contributed by atoms with Crippen molar-refractivity contribution in [2.45, 2.75) is 108 Å². The summed E-state index contributed by atoms with van der Waals surface area (Å²) in [6, 6.07) is 40.0. The van der Waals surface area contributed by atoms with Crippen molar-refractivity contribution < 1.29 is 4.74 Å². The first-order chi connectivity index (χ1) is 25.4. The fraction of sp³-hybridized carbons (Fsp3) is 0.412. The van der Waals surface area contributed by atoms with E-state index in [0.717, 1.165) is 23.3 Å². The van der Waals surface area contributed by atoms with Gasteiger partial charge in [0.25, 0.3) is 0 Å². The molecule has 4 fully saturated rings. The van der Waals surface area contributed by atoms with E-state index >= 15 is 0 Å². The maximum atomic E-state index is 6.88. The Morgan fingerprint density at radius 1 is 0.472 bits per heavy atom. The molecule has 12 rings (SSSR count). The summed E-state index contributed by atoms with van der Waals surface area (Å²) in [7, 11) is 0. The van der Waals surface area contributed by atoms with E-state index in [9.17, 15) is 0 Å². The number of rotatable bonds is 3. The minimum atomic E-state index is -0.0761. The van der Waals surface area contributed by atoms with Crippen LogP contribution in [0.3, 0.4) is 0 Å². The van der Waals surface area contributed by atoms with Crippen molar-refractivity contribution in [3.8, 4) is 22.6 Å². The van der Waals surface area contributed by atoms with Gasteiger partial charge in [0, 0.05) is 39.0 Å². The van der Waals surface area contributed by atoms with Crippen molar-refractivity contribution in [3.63, 3.8) is 0 Å². The summed E-state index contributed by atoms with van der Waals surface area (Å²) in [4.78, 5) is 2.59. The Balaban J connectivity index is 1.14. The molecule has 53 heavy (non-hydrogen) atoms. The van der Waals surface area contributed by atoms with Crippen LogP contribution >= 0.6 is 0 Å². The van der Waals surface area contributed by atoms with Crippen LogP contribution in [0.1, 0.15) is 120 Å². The third kappa shape index (κ3) is 4.33. The topological polar surface area (TPSA) is 12.5 Å². The number of ether oxygens (including phenoxy) is 1. The van der Waals surface area contributed by atoms with Crippen molar-refractivity contribution in [1.82, 2.24) is 0 Å². The third-order valence-electron chi connectivity index (χ3n) is 15.6. The normalized spacial score (nSPS) is 28.3. The number of nitrogens with zero attached hydrogens (tertiary/aromatic N) is 1. The van der Waals surface area contributed by atoms with E-state index in [1.807, 2.05) is 0 Å². The van der Waals surface area contributed by atoms with E-state index in [1.54, 1.807) is 0 Å². The fourth-order valence-electron chi connectivity index (χ4n) is 13.0. The maximum absolute atomic E-state index is 6.88. The molecule has 268 valence electrons. The minimum absolute atomic E-state index is 0.00269. The van der Waals surface area contributed by atoms with E-state index in [1.165, 1.54) is 107 Å². The summed E-state index contributed by atoms with van der Waals surface area (Å²) in [5, 5.41) is 0. The molecular formula is C51H53NO. The van der Waals surface area contributed by atoms with Crippen LogP contribution in [0.5, 0.6) is 11.5 Å². The standard InChI is InChI=1S/C51H53NO/c1-48(2)21-22-49(3,4)44-29-36(16-19-41(44)48)52(35-15-18-39-38-11-7-8-12-40(38)50(5,6)43(39)28-35)37-17-20-47-45(30-37)51(42-13-9-10-14-46(42)53-47)33-24-31-23-32(26-33)27-34(51)25-31/h7-20,28-34H,21-27H2,1-6H3. The second-order valence-corrected chi connectivity index (χ2v) is 19.7. The molecule has 6 aliphatic carbocycles. The van der Waals surface area contributed by atoms with E-state index in [-0.39, 0.29) is 21.7 Å². The Bertz CT molecular complexity index is 2310. The van der Waals surface area contributed by atoms with Crippen LogP contribution in [0.15, 0.2) is 103 Å². The van der Waals surface area contributed by atoms with Crippen molar-refractivity contribution in [2.24, 2.45) is 23.7 Å². The monoisotopic (exact) mass is 695 g/mol. The Hall–Kier alpha value is -4.30. The van der Waals surface area contributed by atoms with E-state index in [2.05, 4.69) is 150 Å². The van der Waals surface area contributed by atoms with Crippen LogP contribution in [0.25, 0.3) is 11.1 Å². The Morgan fingerprint density at radius 2 is 1.00 bits per heavy atom. The van der Waals surface area contributed by atoms with Crippen LogP contribution in [0.2, 0.25) is 0 Å². The molecule has 0 radical (unpaired) electrons. The quantitative estimate of drug-likeness (QED) is 0.186. The zero-order valence-electron chi connectivity index (χ0n) is 32.4. The van der Waals surface area contributed by atoms with Gasteiger partial charge in [0.1, 0.15) is 11.5 Å². The van der Waals surface area contributed by atoms with Gasteiger partial charge in [-0.15, -0.1) is 0 Å². The molecule has 5 aromatic rings. The zero-order chi connectivity index (χ0) is 36.1. The second kappa shape index (κ2) is 10.7. The molecule has 0 amide bonds. The summed E-state index contributed by atoms with van der Waals surface area (Å²) in [5.41, 5.74) is 15.4. The molecule has 0 atom stereocenters. The Morgan fingerprint density at radius 3 is 1.72 bits per heavy atom. The van der Waals surface area contributed by atoms with E-state index in [0.29, 0.717) is 11.8 Å². The molecule has 4 saturated carbocycles. The molecule has 0 unspecified atom stereocenters. The molecule has 4 bridgehead atoms. The Labute approximate surface area is 316 Å². The van der Waals surface area contributed by atoms with Gasteiger partial charge in [-0.05, 0) is 161 Å². The van der Waals surface area contributed by atoms with Gasteiger partial charge < -0.3 is 9.64 Å². The van der Waals surface area contributed by atoms with Crippen molar-refractivity contribution in [3.05, 3.63) is 137 Å². The SMILES string of the molecule is CC1(C)CCC(C)(C)c2cc(N(c3ccc4c(c3)C(C)(C)c3ccccc3-4)c3ccc4c(c3)C3(c5ccccc5O4)C4CC5CC(C4)CC3C5)ccc21. The summed E-state index contributed by atoms with van der Waals surface area (Å²) in [6.45, 7) is 14.6.